The zero-order valence-corrected chi connectivity index (χ0v) is 11.6. The van der Waals surface area contributed by atoms with Crippen molar-refractivity contribution in [3.63, 3.8) is 0 Å². The number of hydrogen-bond acceptors (Lipinski definition) is 4. The van der Waals surface area contributed by atoms with Crippen LogP contribution in [0.3, 0.4) is 0 Å². The third kappa shape index (κ3) is 3.88. The number of hydrogen-bond donors (Lipinski definition) is 2. The lowest BCUT2D eigenvalue weighted by atomic mass is 10.1. The van der Waals surface area contributed by atoms with E-state index in [0.717, 1.165) is 23.2 Å². The van der Waals surface area contributed by atoms with Gasteiger partial charge < -0.3 is 10.4 Å². The van der Waals surface area contributed by atoms with E-state index < -0.39 is 0 Å². The summed E-state index contributed by atoms with van der Waals surface area (Å²) in [6, 6.07) is 7.13. The number of carbonyl (C=O) groups excluding carboxylic acids is 1. The molecule has 1 heterocycles. The van der Waals surface area contributed by atoms with E-state index in [2.05, 4.69) is 27.4 Å². The number of rotatable bonds is 3. The second kappa shape index (κ2) is 7.17. The molecule has 21 heavy (non-hydrogen) atoms. The summed E-state index contributed by atoms with van der Waals surface area (Å²) in [5.74, 6) is 5.23. The van der Waals surface area contributed by atoms with Gasteiger partial charge in [-0.15, -0.1) is 0 Å². The molecule has 0 unspecified atom stereocenters. The second-order valence-electron chi connectivity index (χ2n) is 4.27. The highest BCUT2D eigenvalue weighted by Gasteiger charge is 2.09. The molecule has 106 valence electrons. The van der Waals surface area contributed by atoms with Crippen molar-refractivity contribution >= 4 is 11.6 Å². The number of nitrogens with zero attached hydrogens (tertiary/aromatic N) is 2. The average molecular weight is 281 g/mol. The van der Waals surface area contributed by atoms with E-state index in [1.165, 1.54) is 12.4 Å². The van der Waals surface area contributed by atoms with Crippen LogP contribution in [0.5, 0.6) is 0 Å². The average Bonchev–Trinajstić information content (AvgIpc) is 2.54. The smallest absolute Gasteiger partial charge is 0.257 e. The van der Waals surface area contributed by atoms with Gasteiger partial charge in [0.05, 0.1) is 18.0 Å². The molecule has 2 aromatic rings. The lowest BCUT2D eigenvalue weighted by Gasteiger charge is -2.10. The van der Waals surface area contributed by atoms with E-state index in [4.69, 9.17) is 5.11 Å². The van der Waals surface area contributed by atoms with Gasteiger partial charge in [0.1, 0.15) is 6.61 Å². The first-order valence-electron chi connectivity index (χ1n) is 6.55. The first kappa shape index (κ1) is 14.7. The molecule has 0 bridgehead atoms. The Morgan fingerprint density at radius 2 is 2.19 bits per heavy atom. The fourth-order valence-corrected chi connectivity index (χ4v) is 1.85. The minimum Gasteiger partial charge on any atom is -0.384 e. The van der Waals surface area contributed by atoms with Crippen LogP contribution in [0.25, 0.3) is 0 Å². The zero-order valence-electron chi connectivity index (χ0n) is 11.6. The van der Waals surface area contributed by atoms with Gasteiger partial charge in [-0.25, -0.2) is 0 Å². The highest BCUT2D eigenvalue weighted by Crippen LogP contribution is 2.18. The Hall–Kier alpha value is -2.71. The molecule has 0 saturated carbocycles. The van der Waals surface area contributed by atoms with Crippen molar-refractivity contribution in [3.05, 3.63) is 53.3 Å². The van der Waals surface area contributed by atoms with E-state index in [1.54, 1.807) is 6.07 Å². The molecule has 5 nitrogen and oxygen atoms in total. The van der Waals surface area contributed by atoms with Gasteiger partial charge in [-0.1, -0.05) is 18.8 Å². The Balaban J connectivity index is 2.22. The molecule has 0 fully saturated rings. The molecule has 0 aliphatic heterocycles. The molecule has 1 aromatic carbocycles. The first-order valence-corrected chi connectivity index (χ1v) is 6.55. The Bertz CT molecular complexity index is 688. The van der Waals surface area contributed by atoms with Crippen LogP contribution in [0.15, 0.2) is 36.7 Å². The molecule has 1 aromatic heterocycles. The van der Waals surface area contributed by atoms with Gasteiger partial charge in [0, 0.05) is 11.3 Å². The summed E-state index contributed by atoms with van der Waals surface area (Å²) >= 11 is 0. The normalized spacial score (nSPS) is 9.62. The fourth-order valence-electron chi connectivity index (χ4n) is 1.85. The highest BCUT2D eigenvalue weighted by molar-refractivity contribution is 6.04. The van der Waals surface area contributed by atoms with Crippen molar-refractivity contribution < 1.29 is 9.90 Å². The highest BCUT2D eigenvalue weighted by atomic mass is 16.2. The number of anilines is 1. The summed E-state index contributed by atoms with van der Waals surface area (Å²) in [5.41, 5.74) is 2.99. The maximum Gasteiger partial charge on any atom is 0.257 e. The minimum absolute atomic E-state index is 0.172. The van der Waals surface area contributed by atoms with Gasteiger partial charge in [-0.3, -0.25) is 4.79 Å². The molecule has 0 aliphatic carbocycles. The number of nitrogens with one attached hydrogen (secondary N) is 1. The van der Waals surface area contributed by atoms with E-state index >= 15 is 0 Å². The van der Waals surface area contributed by atoms with Gasteiger partial charge in [0.25, 0.3) is 5.91 Å². The largest absolute Gasteiger partial charge is 0.384 e. The van der Waals surface area contributed by atoms with Crippen LogP contribution in [0.2, 0.25) is 0 Å². The zero-order chi connectivity index (χ0) is 15.1. The monoisotopic (exact) mass is 281 g/mol. The van der Waals surface area contributed by atoms with Gasteiger partial charge in [0.15, 0.2) is 0 Å². The van der Waals surface area contributed by atoms with Crippen LogP contribution < -0.4 is 5.32 Å². The molecule has 0 atom stereocenters. The number of benzene rings is 1. The van der Waals surface area contributed by atoms with Crippen molar-refractivity contribution in [2.75, 3.05) is 11.9 Å². The molecule has 2 N–H and O–H groups in total. The second-order valence-corrected chi connectivity index (χ2v) is 4.27. The molecule has 5 heteroatoms. The van der Waals surface area contributed by atoms with Crippen LogP contribution in [0.1, 0.15) is 28.4 Å². The number of aromatic nitrogens is 2. The van der Waals surface area contributed by atoms with Crippen LogP contribution >= 0.6 is 0 Å². The van der Waals surface area contributed by atoms with E-state index in [1.807, 2.05) is 25.1 Å². The summed E-state index contributed by atoms with van der Waals surface area (Å²) < 4.78 is 0. The van der Waals surface area contributed by atoms with Gasteiger partial charge >= 0.3 is 0 Å². The topological polar surface area (TPSA) is 75.1 Å². The lowest BCUT2D eigenvalue weighted by Crippen LogP contribution is -2.13. The van der Waals surface area contributed by atoms with Gasteiger partial charge in [-0.2, -0.15) is 10.2 Å². The van der Waals surface area contributed by atoms with Crippen molar-refractivity contribution in [1.82, 2.24) is 10.2 Å². The summed E-state index contributed by atoms with van der Waals surface area (Å²) in [7, 11) is 0. The standard InChI is InChI=1S/C16H15N3O2/c1-2-13-10-12(4-3-9-20)5-6-15(13)19-16(21)14-7-8-17-18-11-14/h5-8,10-11,20H,2,9H2,1H3,(H,19,21). The van der Waals surface area contributed by atoms with E-state index in [-0.39, 0.29) is 12.5 Å². The predicted molar refractivity (Wildman–Crippen MR) is 79.8 cm³/mol. The minimum atomic E-state index is -0.228. The Morgan fingerprint density at radius 3 is 2.86 bits per heavy atom. The SMILES string of the molecule is CCc1cc(C#CCO)ccc1NC(=O)c1ccnnc1. The number of aliphatic hydroxyl groups is 1. The Kier molecular flexibility index (Phi) is 5.02. The van der Waals surface area contributed by atoms with E-state index in [9.17, 15) is 4.79 Å². The summed E-state index contributed by atoms with van der Waals surface area (Å²) in [5, 5.41) is 18.9. The molecule has 1 amide bonds. The molecule has 0 radical (unpaired) electrons. The molecule has 2 rings (SSSR count). The fraction of sp³-hybridized carbons (Fsp3) is 0.188. The summed E-state index contributed by atoms with van der Waals surface area (Å²) in [6.07, 6.45) is 3.66. The van der Waals surface area contributed by atoms with Crippen LogP contribution in [-0.2, 0) is 6.42 Å². The Labute approximate surface area is 123 Å². The van der Waals surface area contributed by atoms with E-state index in [0.29, 0.717) is 5.56 Å². The van der Waals surface area contributed by atoms with Crippen molar-refractivity contribution in [1.29, 1.82) is 0 Å². The number of carbonyl (C=O) groups is 1. The van der Waals surface area contributed by atoms with Crippen molar-refractivity contribution in [2.45, 2.75) is 13.3 Å². The van der Waals surface area contributed by atoms with Gasteiger partial charge in [-0.05, 0) is 36.2 Å². The quantitative estimate of drug-likeness (QED) is 0.839. The third-order valence-corrected chi connectivity index (χ3v) is 2.89. The van der Waals surface area contributed by atoms with Crippen LogP contribution in [-0.4, -0.2) is 27.8 Å². The maximum atomic E-state index is 12.1. The van der Waals surface area contributed by atoms with Crippen LogP contribution in [0.4, 0.5) is 5.69 Å². The molecular weight excluding hydrogens is 266 g/mol. The van der Waals surface area contributed by atoms with Crippen LogP contribution in [0, 0.1) is 11.8 Å². The van der Waals surface area contributed by atoms with Crippen molar-refractivity contribution in [3.8, 4) is 11.8 Å². The Morgan fingerprint density at radius 1 is 1.33 bits per heavy atom. The summed E-state index contributed by atoms with van der Waals surface area (Å²) in [4.78, 5) is 12.1. The number of amides is 1. The molecule has 0 spiro atoms. The predicted octanol–water partition coefficient (Wildman–Crippen LogP) is 1.64. The molecule has 0 saturated heterocycles. The maximum absolute atomic E-state index is 12.1. The number of aryl methyl sites for hydroxylation is 1. The lowest BCUT2D eigenvalue weighted by molar-refractivity contribution is 0.102. The number of aliphatic hydroxyl groups excluding tert-OH is 1. The first-order chi connectivity index (χ1) is 10.2. The third-order valence-electron chi connectivity index (χ3n) is 2.89. The van der Waals surface area contributed by atoms with Crippen molar-refractivity contribution in [2.24, 2.45) is 0 Å². The molecule has 0 aliphatic rings. The summed E-state index contributed by atoms with van der Waals surface area (Å²) in [6.45, 7) is 1.83. The molecular formula is C16H15N3O2. The van der Waals surface area contributed by atoms with Gasteiger partial charge in [0.2, 0.25) is 0 Å².